The molecule has 29 heteroatoms. The lowest BCUT2D eigenvalue weighted by Gasteiger charge is -2.22. The van der Waals surface area contributed by atoms with E-state index in [9.17, 15) is 108 Å². The zero-order chi connectivity index (χ0) is 52.7. The maximum Gasteiger partial charge on any atom is 0.323 e. The van der Waals surface area contributed by atoms with Crippen LogP contribution in [0.3, 0.4) is 0 Å². The molecule has 6 amide bonds. The second-order valence-corrected chi connectivity index (χ2v) is 14.4. The first-order valence-electron chi connectivity index (χ1n) is 19.3. The largest absolute Gasteiger partial charge is 0.480 e. The van der Waals surface area contributed by atoms with Crippen LogP contribution in [0, 0.1) is 0 Å². The van der Waals surface area contributed by atoms with Gasteiger partial charge in [0.1, 0.15) is 52.4 Å². The van der Waals surface area contributed by atoms with Gasteiger partial charge in [0.15, 0.2) is 0 Å². The fourth-order valence-electron chi connectivity index (χ4n) is 6.17. The highest BCUT2D eigenvalue weighted by atomic mass is 16.4. The van der Waals surface area contributed by atoms with Crippen molar-refractivity contribution in [1.29, 1.82) is 0 Å². The van der Waals surface area contributed by atoms with Crippen molar-refractivity contribution in [2.24, 2.45) is 0 Å². The van der Waals surface area contributed by atoms with Crippen LogP contribution in [0.1, 0.15) is 62.1 Å². The Morgan fingerprint density at radius 2 is 0.500 bits per heavy atom. The molecule has 0 aliphatic heterocycles. The molecule has 370 valence electrons. The topological polar surface area (TPSA) is 450 Å². The number of rotatable bonds is 25. The van der Waals surface area contributed by atoms with Crippen LogP contribution in [0.4, 0.5) is 17.1 Å². The van der Waals surface area contributed by atoms with Crippen molar-refractivity contribution >= 4 is 100 Å². The number of amides is 6. The van der Waals surface area contributed by atoms with Crippen LogP contribution in [-0.2, 0) is 38.4 Å². The number of hydrogen-bond donors (Lipinski definition) is 11. The van der Waals surface area contributed by atoms with Crippen molar-refractivity contribution in [3.05, 3.63) is 88.0 Å². The third-order valence-corrected chi connectivity index (χ3v) is 8.87. The van der Waals surface area contributed by atoms with Gasteiger partial charge in [0, 0.05) is 57.5 Å². The second kappa shape index (κ2) is 24.0. The minimum Gasteiger partial charge on any atom is -0.480 e. The number of nitrogens with zero attached hydrogens (tertiary/aromatic N) is 4. The Morgan fingerprint density at radius 1 is 0.314 bits per heavy atom. The Labute approximate surface area is 390 Å². The number of carboxylic acids is 8. The van der Waals surface area contributed by atoms with Gasteiger partial charge in [0.25, 0.3) is 35.4 Å². The van der Waals surface area contributed by atoms with E-state index in [1.165, 1.54) is 7.05 Å². The molecule has 0 fully saturated rings. The van der Waals surface area contributed by atoms with Crippen LogP contribution < -0.4 is 16.0 Å². The lowest BCUT2D eigenvalue weighted by molar-refractivity contribution is -0.142. The standard InChI is InChI=1S/C41H39N7O22/c1-42-25-5-19(36(65)43-26-7-21(38(67)45(11-28(49)50)12-29(51)52)3-22(8-26)39(68)46(13-30(53)54)14-31(55)56)2-20(6-25)37(66)44-27-9-23(40(69)47(15-32(57)58)16-33(59)60)4-24(10-27)41(70)48(17-34(61)62)18-35(63)64/h2-10,42H,11-18H2,1H3,(H,43,65)(H,44,66)(H,49,50)(H,51,52)(H,53,54)(H,55,56)(H,57,58)(H,59,60)(H,61,62)(H,63,64). The Balaban J connectivity index is 2.18. The lowest BCUT2D eigenvalue weighted by atomic mass is 10.0. The molecule has 11 N–H and O–H groups in total. The second-order valence-electron chi connectivity index (χ2n) is 14.4. The fraction of sp³-hybridized carbons (Fsp3) is 0.220. The molecular weight excluding hydrogens is 942 g/mol. The molecule has 0 unspecified atom stereocenters. The van der Waals surface area contributed by atoms with Crippen molar-refractivity contribution < 1.29 is 108 Å². The summed E-state index contributed by atoms with van der Waals surface area (Å²) in [4.78, 5) is 175. The molecule has 3 aromatic carbocycles. The van der Waals surface area contributed by atoms with Crippen molar-refractivity contribution in [3.8, 4) is 0 Å². The van der Waals surface area contributed by atoms with Gasteiger partial charge in [0.2, 0.25) is 0 Å². The van der Waals surface area contributed by atoms with Crippen molar-refractivity contribution in [2.75, 3.05) is 75.4 Å². The first-order valence-corrected chi connectivity index (χ1v) is 19.3. The first kappa shape index (κ1) is 54.4. The van der Waals surface area contributed by atoms with Crippen molar-refractivity contribution in [2.45, 2.75) is 0 Å². The van der Waals surface area contributed by atoms with Gasteiger partial charge < -0.3 is 76.4 Å². The molecule has 0 atom stereocenters. The highest BCUT2D eigenvalue weighted by Crippen LogP contribution is 2.24. The summed E-state index contributed by atoms with van der Waals surface area (Å²) in [5.74, 6) is -20.9. The third kappa shape index (κ3) is 16.2. The first-order chi connectivity index (χ1) is 32.7. The average molecular weight is 982 g/mol. The summed E-state index contributed by atoms with van der Waals surface area (Å²) < 4.78 is 0. The fourth-order valence-corrected chi connectivity index (χ4v) is 6.17. The summed E-state index contributed by atoms with van der Waals surface area (Å²) in [5, 5.41) is 81.9. The van der Waals surface area contributed by atoms with Gasteiger partial charge in [-0.05, 0) is 54.6 Å². The van der Waals surface area contributed by atoms with E-state index < -0.39 is 180 Å². The number of aliphatic carboxylic acids is 8. The predicted molar refractivity (Wildman–Crippen MR) is 229 cm³/mol. The van der Waals surface area contributed by atoms with E-state index in [2.05, 4.69) is 16.0 Å². The van der Waals surface area contributed by atoms with Crippen molar-refractivity contribution in [1.82, 2.24) is 19.6 Å². The molecule has 70 heavy (non-hydrogen) atoms. The molecule has 0 bridgehead atoms. The van der Waals surface area contributed by atoms with E-state index in [0.29, 0.717) is 19.6 Å². The summed E-state index contributed by atoms with van der Waals surface area (Å²) in [5.41, 5.74) is -4.32. The number of anilines is 3. The molecule has 0 aliphatic carbocycles. The smallest absolute Gasteiger partial charge is 0.323 e. The molecular formula is C41H39N7O22. The molecule has 0 saturated heterocycles. The number of benzene rings is 3. The van der Waals surface area contributed by atoms with Gasteiger partial charge in [0.05, 0.1) is 0 Å². The van der Waals surface area contributed by atoms with E-state index in [0.717, 1.165) is 54.6 Å². The molecule has 29 nitrogen and oxygen atoms in total. The Kier molecular flexibility index (Phi) is 18.6. The van der Waals surface area contributed by atoms with Crippen LogP contribution in [0.5, 0.6) is 0 Å². The van der Waals surface area contributed by atoms with Gasteiger partial charge in [-0.2, -0.15) is 0 Å². The minimum absolute atomic E-state index is 0.0318. The third-order valence-electron chi connectivity index (χ3n) is 8.87. The quantitative estimate of drug-likeness (QED) is 0.0469. The summed E-state index contributed by atoms with van der Waals surface area (Å²) >= 11 is 0. The highest BCUT2D eigenvalue weighted by Gasteiger charge is 2.29. The van der Waals surface area contributed by atoms with E-state index in [1.54, 1.807) is 0 Å². The molecule has 0 saturated carbocycles. The lowest BCUT2D eigenvalue weighted by Crippen LogP contribution is -2.40. The normalized spacial score (nSPS) is 10.4. The van der Waals surface area contributed by atoms with E-state index in [1.807, 2.05) is 0 Å². The number of carbonyl (C=O) groups excluding carboxylic acids is 6. The van der Waals surface area contributed by atoms with Crippen LogP contribution >= 0.6 is 0 Å². The predicted octanol–water partition coefficient (Wildman–Crippen LogP) is -1.32. The maximum absolute atomic E-state index is 13.9. The molecule has 3 aromatic rings. The van der Waals surface area contributed by atoms with E-state index in [-0.39, 0.29) is 5.69 Å². The van der Waals surface area contributed by atoms with Crippen LogP contribution in [0.2, 0.25) is 0 Å². The van der Waals surface area contributed by atoms with Gasteiger partial charge in [-0.3, -0.25) is 67.1 Å². The van der Waals surface area contributed by atoms with Gasteiger partial charge >= 0.3 is 47.8 Å². The van der Waals surface area contributed by atoms with E-state index >= 15 is 0 Å². The summed E-state index contributed by atoms with van der Waals surface area (Å²) in [6.45, 7) is -9.47. The molecule has 0 spiro atoms. The van der Waals surface area contributed by atoms with E-state index in [4.69, 9.17) is 0 Å². The number of carboxylic acid groups (broad SMARTS) is 8. The number of nitrogens with one attached hydrogen (secondary N) is 3. The molecule has 0 heterocycles. The van der Waals surface area contributed by atoms with Crippen LogP contribution in [0.25, 0.3) is 0 Å². The summed E-state index contributed by atoms with van der Waals surface area (Å²) in [6, 6.07) is 8.20. The summed E-state index contributed by atoms with van der Waals surface area (Å²) in [7, 11) is 1.35. The van der Waals surface area contributed by atoms with Crippen LogP contribution in [-0.4, -0.2) is 203 Å². The van der Waals surface area contributed by atoms with Crippen molar-refractivity contribution in [3.63, 3.8) is 0 Å². The zero-order valence-corrected chi connectivity index (χ0v) is 35.9. The minimum atomic E-state index is -1.67. The highest BCUT2D eigenvalue weighted by molar-refractivity contribution is 6.12. The Bertz CT molecular complexity index is 2330. The van der Waals surface area contributed by atoms with Gasteiger partial charge in [-0.1, -0.05) is 0 Å². The average Bonchev–Trinajstić information content (AvgIpc) is 3.25. The SMILES string of the molecule is CNc1cc(C(=O)Nc2cc(C(=O)N(CC(=O)O)CC(=O)O)cc(C(=O)N(CC(=O)O)CC(=O)O)c2)cc(C(=O)Nc2cc(C(=O)N(CC(=O)O)CC(=O)O)cc(C(=O)N(CC(=O)O)CC(=O)O)c2)c1. The Hall–Kier alpha value is -9.96. The Morgan fingerprint density at radius 3 is 0.686 bits per heavy atom. The van der Waals surface area contributed by atoms with Gasteiger partial charge in [-0.25, -0.2) is 0 Å². The monoisotopic (exact) mass is 981 g/mol. The number of carbonyl (C=O) groups is 14. The summed E-state index contributed by atoms with van der Waals surface area (Å²) in [6.07, 6.45) is 0. The molecule has 0 aliphatic rings. The molecule has 0 aromatic heterocycles. The number of hydrogen-bond acceptors (Lipinski definition) is 15. The molecule has 0 radical (unpaired) electrons. The van der Waals surface area contributed by atoms with Gasteiger partial charge in [-0.15, -0.1) is 0 Å². The maximum atomic E-state index is 13.9. The van der Waals surface area contributed by atoms with Crippen LogP contribution in [0.15, 0.2) is 54.6 Å². The molecule has 3 rings (SSSR count). The zero-order valence-electron chi connectivity index (χ0n) is 35.9.